The van der Waals surface area contributed by atoms with Crippen molar-refractivity contribution in [1.82, 2.24) is 14.8 Å². The Balaban J connectivity index is 2.11. The molecule has 1 aliphatic heterocycles. The minimum Gasteiger partial charge on any atom is -0.340 e. The summed E-state index contributed by atoms with van der Waals surface area (Å²) in [6.07, 6.45) is 2.73. The molecule has 0 bridgehead atoms. The van der Waals surface area contributed by atoms with Gasteiger partial charge < -0.3 is 10.6 Å². The number of rotatable bonds is 4. The second kappa shape index (κ2) is 6.81. The van der Waals surface area contributed by atoms with Gasteiger partial charge in [-0.25, -0.2) is 0 Å². The number of pyridine rings is 1. The van der Waals surface area contributed by atoms with E-state index in [-0.39, 0.29) is 18.0 Å². The molecule has 0 spiro atoms. The predicted octanol–water partition coefficient (Wildman–Crippen LogP) is 1.02. The van der Waals surface area contributed by atoms with Crippen molar-refractivity contribution in [2.24, 2.45) is 5.73 Å². The zero-order valence-electron chi connectivity index (χ0n) is 12.3. The van der Waals surface area contributed by atoms with Crippen molar-refractivity contribution in [2.45, 2.75) is 32.4 Å². The van der Waals surface area contributed by atoms with Gasteiger partial charge in [-0.1, -0.05) is 13.0 Å². The lowest BCUT2D eigenvalue weighted by Crippen LogP contribution is -2.52. The van der Waals surface area contributed by atoms with Crippen molar-refractivity contribution in [2.75, 3.05) is 26.2 Å². The van der Waals surface area contributed by atoms with Gasteiger partial charge >= 0.3 is 0 Å². The molecule has 0 aliphatic carbocycles. The third kappa shape index (κ3) is 3.35. The fourth-order valence-electron chi connectivity index (χ4n) is 2.77. The van der Waals surface area contributed by atoms with Crippen LogP contribution in [0.3, 0.4) is 0 Å². The van der Waals surface area contributed by atoms with Gasteiger partial charge in [-0.05, 0) is 18.6 Å². The molecule has 2 N–H and O–H groups in total. The number of carbonyl (C=O) groups excluding carboxylic acids is 1. The predicted molar refractivity (Wildman–Crippen MR) is 79.1 cm³/mol. The van der Waals surface area contributed by atoms with Gasteiger partial charge in [0.1, 0.15) is 0 Å². The molecule has 5 heteroatoms. The second-order valence-electron chi connectivity index (χ2n) is 5.31. The topological polar surface area (TPSA) is 62.5 Å². The third-order valence-corrected chi connectivity index (χ3v) is 4.02. The number of carbonyl (C=O) groups is 1. The lowest BCUT2D eigenvalue weighted by molar-refractivity contribution is -0.131. The van der Waals surface area contributed by atoms with Gasteiger partial charge in [-0.15, -0.1) is 0 Å². The first-order valence-electron chi connectivity index (χ1n) is 7.29. The molecule has 1 saturated heterocycles. The van der Waals surface area contributed by atoms with Gasteiger partial charge in [0, 0.05) is 45.3 Å². The van der Waals surface area contributed by atoms with Crippen molar-refractivity contribution < 1.29 is 4.79 Å². The van der Waals surface area contributed by atoms with Crippen LogP contribution in [-0.4, -0.2) is 52.9 Å². The molecule has 1 aliphatic rings. The van der Waals surface area contributed by atoms with E-state index < -0.39 is 0 Å². The molecule has 20 heavy (non-hydrogen) atoms. The summed E-state index contributed by atoms with van der Waals surface area (Å²) >= 11 is 0. The fourth-order valence-corrected chi connectivity index (χ4v) is 2.77. The molecule has 1 aromatic heterocycles. The average molecular weight is 276 g/mol. The number of hydrogen-bond donors (Lipinski definition) is 1. The number of amides is 1. The minimum absolute atomic E-state index is 0.0637. The van der Waals surface area contributed by atoms with Crippen molar-refractivity contribution in [1.29, 1.82) is 0 Å². The summed E-state index contributed by atoms with van der Waals surface area (Å²) in [6.45, 7) is 6.99. The van der Waals surface area contributed by atoms with E-state index in [2.05, 4.69) is 16.8 Å². The van der Waals surface area contributed by atoms with Gasteiger partial charge in [-0.2, -0.15) is 0 Å². The van der Waals surface area contributed by atoms with Gasteiger partial charge in [0.15, 0.2) is 0 Å². The molecule has 0 aromatic carbocycles. The summed E-state index contributed by atoms with van der Waals surface area (Å²) in [5, 5.41) is 0. The maximum atomic E-state index is 11.4. The Kier molecular flexibility index (Phi) is 5.09. The quantitative estimate of drug-likeness (QED) is 0.892. The van der Waals surface area contributed by atoms with Gasteiger partial charge in [0.25, 0.3) is 0 Å². The van der Waals surface area contributed by atoms with Gasteiger partial charge in [0.2, 0.25) is 5.91 Å². The molecule has 2 unspecified atom stereocenters. The lowest BCUT2D eigenvalue weighted by atomic mass is 9.99. The highest BCUT2D eigenvalue weighted by Gasteiger charge is 2.30. The van der Waals surface area contributed by atoms with Crippen molar-refractivity contribution in [3.8, 4) is 0 Å². The second-order valence-corrected chi connectivity index (χ2v) is 5.31. The summed E-state index contributed by atoms with van der Waals surface area (Å²) < 4.78 is 0. The van der Waals surface area contributed by atoms with Gasteiger partial charge in [-0.3, -0.25) is 14.7 Å². The Morgan fingerprint density at radius 1 is 1.35 bits per heavy atom. The van der Waals surface area contributed by atoms with E-state index in [0.29, 0.717) is 0 Å². The summed E-state index contributed by atoms with van der Waals surface area (Å²) in [4.78, 5) is 20.1. The van der Waals surface area contributed by atoms with Crippen LogP contribution in [0.25, 0.3) is 0 Å². The van der Waals surface area contributed by atoms with E-state index in [1.165, 1.54) is 0 Å². The number of piperazine rings is 1. The summed E-state index contributed by atoms with van der Waals surface area (Å²) in [7, 11) is 0. The van der Waals surface area contributed by atoms with E-state index in [0.717, 1.165) is 38.3 Å². The van der Waals surface area contributed by atoms with E-state index in [1.807, 2.05) is 29.3 Å². The lowest BCUT2D eigenvalue weighted by Gasteiger charge is -2.40. The van der Waals surface area contributed by atoms with Crippen LogP contribution in [-0.2, 0) is 4.79 Å². The number of hydrogen-bond acceptors (Lipinski definition) is 4. The smallest absolute Gasteiger partial charge is 0.219 e. The Morgan fingerprint density at radius 3 is 2.55 bits per heavy atom. The summed E-state index contributed by atoms with van der Waals surface area (Å²) in [6, 6.07) is 6.16. The van der Waals surface area contributed by atoms with E-state index in [1.54, 1.807) is 6.92 Å². The van der Waals surface area contributed by atoms with Crippen LogP contribution < -0.4 is 5.73 Å². The first kappa shape index (κ1) is 14.9. The maximum absolute atomic E-state index is 11.4. The monoisotopic (exact) mass is 276 g/mol. The van der Waals surface area contributed by atoms with Crippen LogP contribution in [0.2, 0.25) is 0 Å². The number of aromatic nitrogens is 1. The molecular formula is C15H24N4O. The van der Waals surface area contributed by atoms with Crippen LogP contribution >= 0.6 is 0 Å². The highest BCUT2D eigenvalue weighted by atomic mass is 16.2. The number of nitrogens with two attached hydrogens (primary N) is 1. The third-order valence-electron chi connectivity index (χ3n) is 4.02. The molecular weight excluding hydrogens is 252 g/mol. The normalized spacial score (nSPS) is 19.6. The zero-order chi connectivity index (χ0) is 14.5. The average Bonchev–Trinajstić information content (AvgIpc) is 2.49. The highest BCUT2D eigenvalue weighted by Crippen LogP contribution is 2.24. The Hall–Kier alpha value is -1.46. The van der Waals surface area contributed by atoms with Crippen molar-refractivity contribution >= 4 is 5.91 Å². The Labute approximate surface area is 120 Å². The van der Waals surface area contributed by atoms with E-state index >= 15 is 0 Å². The molecule has 0 saturated carbocycles. The molecule has 0 radical (unpaired) electrons. The van der Waals surface area contributed by atoms with Crippen LogP contribution in [0.5, 0.6) is 0 Å². The van der Waals surface area contributed by atoms with Crippen LogP contribution in [0.1, 0.15) is 32.0 Å². The molecule has 2 rings (SSSR count). The van der Waals surface area contributed by atoms with E-state index in [9.17, 15) is 4.79 Å². The first-order chi connectivity index (χ1) is 9.63. The SMILES string of the molecule is CCC(N)C(c1ccccn1)N1CCN(C(C)=O)CC1. The Bertz CT molecular complexity index is 429. The molecule has 1 fully saturated rings. The van der Waals surface area contributed by atoms with Crippen molar-refractivity contribution in [3.63, 3.8) is 0 Å². The Morgan fingerprint density at radius 2 is 2.05 bits per heavy atom. The fraction of sp³-hybridized carbons (Fsp3) is 0.600. The molecule has 1 amide bonds. The van der Waals surface area contributed by atoms with Crippen molar-refractivity contribution in [3.05, 3.63) is 30.1 Å². The highest BCUT2D eigenvalue weighted by molar-refractivity contribution is 5.73. The molecule has 110 valence electrons. The standard InChI is InChI=1S/C15H24N4O/c1-3-13(16)15(14-6-4-5-7-17-14)19-10-8-18(9-11-19)12(2)20/h4-7,13,15H,3,8-11,16H2,1-2H3. The minimum atomic E-state index is 0.0637. The zero-order valence-corrected chi connectivity index (χ0v) is 12.3. The van der Waals surface area contributed by atoms with E-state index in [4.69, 9.17) is 5.73 Å². The molecule has 2 atom stereocenters. The van der Waals surface area contributed by atoms with Crippen LogP contribution in [0.15, 0.2) is 24.4 Å². The van der Waals surface area contributed by atoms with Crippen LogP contribution in [0.4, 0.5) is 0 Å². The molecule has 5 nitrogen and oxygen atoms in total. The first-order valence-corrected chi connectivity index (χ1v) is 7.29. The molecule has 1 aromatic rings. The summed E-state index contributed by atoms with van der Waals surface area (Å²) in [5.74, 6) is 0.152. The van der Waals surface area contributed by atoms with Crippen LogP contribution in [0, 0.1) is 0 Å². The van der Waals surface area contributed by atoms with Gasteiger partial charge in [0.05, 0.1) is 11.7 Å². The summed E-state index contributed by atoms with van der Waals surface area (Å²) in [5.41, 5.74) is 7.34. The number of nitrogens with zero attached hydrogens (tertiary/aromatic N) is 3. The largest absolute Gasteiger partial charge is 0.340 e. The molecule has 2 heterocycles. The maximum Gasteiger partial charge on any atom is 0.219 e.